The van der Waals surface area contributed by atoms with Crippen molar-refractivity contribution in [2.45, 2.75) is 6.92 Å². The molecule has 1 heterocycles. The summed E-state index contributed by atoms with van der Waals surface area (Å²) in [6.45, 7) is 1.80. The molecular weight excluding hydrogens is 196 g/mol. The van der Waals surface area contributed by atoms with E-state index in [1.807, 2.05) is 0 Å². The third kappa shape index (κ3) is 3.60. The predicted octanol–water partition coefficient (Wildman–Crippen LogP) is 0.969. The number of hydrogen-bond acceptors (Lipinski definition) is 3. The zero-order valence-corrected chi connectivity index (χ0v) is 8.10. The van der Waals surface area contributed by atoms with Gasteiger partial charge in [-0.05, 0) is 18.6 Å². The number of carboxylic acids is 1. The molecule has 15 heavy (non-hydrogen) atoms. The van der Waals surface area contributed by atoms with Crippen LogP contribution in [0.1, 0.15) is 5.56 Å². The Morgan fingerprint density at radius 1 is 1.47 bits per heavy atom. The molecule has 2 N–H and O–H groups in total. The van der Waals surface area contributed by atoms with E-state index in [-0.39, 0.29) is 0 Å². The van der Waals surface area contributed by atoms with Crippen molar-refractivity contribution < 1.29 is 14.7 Å². The van der Waals surface area contributed by atoms with Crippen molar-refractivity contribution in [3.8, 4) is 0 Å². The lowest BCUT2D eigenvalue weighted by molar-refractivity contribution is -0.131. The van der Waals surface area contributed by atoms with Crippen molar-refractivity contribution in [2.75, 3.05) is 5.32 Å². The molecule has 0 aromatic carbocycles. The average Bonchev–Trinajstić information content (AvgIpc) is 2.18. The molecule has 0 aliphatic rings. The summed E-state index contributed by atoms with van der Waals surface area (Å²) in [6, 6.07) is 3.54. The Morgan fingerprint density at radius 3 is 2.80 bits per heavy atom. The number of carbonyl (C=O) groups is 2. The first-order valence-corrected chi connectivity index (χ1v) is 4.23. The number of rotatable bonds is 3. The van der Waals surface area contributed by atoms with Crippen molar-refractivity contribution in [2.24, 2.45) is 0 Å². The number of amides is 1. The summed E-state index contributed by atoms with van der Waals surface area (Å²) in [5.41, 5.74) is 0.814. The van der Waals surface area contributed by atoms with Gasteiger partial charge in [-0.25, -0.2) is 9.78 Å². The number of aliphatic carboxylic acids is 1. The van der Waals surface area contributed by atoms with E-state index in [1.165, 1.54) is 0 Å². The maximum absolute atomic E-state index is 11.2. The van der Waals surface area contributed by atoms with Crippen LogP contribution in [0, 0.1) is 6.92 Å². The Bertz CT molecular complexity index is 413. The van der Waals surface area contributed by atoms with Crippen molar-refractivity contribution in [3.63, 3.8) is 0 Å². The SMILES string of the molecule is Cc1cccnc1NC(=O)/C=C\C(=O)O. The maximum Gasteiger partial charge on any atom is 0.328 e. The first kappa shape index (κ1) is 10.9. The number of pyridine rings is 1. The van der Waals surface area contributed by atoms with E-state index in [4.69, 9.17) is 5.11 Å². The summed E-state index contributed by atoms with van der Waals surface area (Å²) >= 11 is 0. The van der Waals surface area contributed by atoms with Crippen LogP contribution >= 0.6 is 0 Å². The monoisotopic (exact) mass is 206 g/mol. The van der Waals surface area contributed by atoms with E-state index >= 15 is 0 Å². The van der Waals surface area contributed by atoms with Gasteiger partial charge in [-0.3, -0.25) is 4.79 Å². The van der Waals surface area contributed by atoms with Crippen LogP contribution in [-0.4, -0.2) is 22.0 Å². The molecule has 78 valence electrons. The molecule has 0 saturated heterocycles. The second kappa shape index (κ2) is 4.90. The van der Waals surface area contributed by atoms with E-state index in [1.54, 1.807) is 25.3 Å². The first-order valence-electron chi connectivity index (χ1n) is 4.23. The van der Waals surface area contributed by atoms with Crippen LogP contribution in [0.4, 0.5) is 5.82 Å². The molecule has 0 fully saturated rings. The summed E-state index contributed by atoms with van der Waals surface area (Å²) in [4.78, 5) is 25.2. The number of carbonyl (C=O) groups excluding carboxylic acids is 1. The lowest BCUT2D eigenvalue weighted by Crippen LogP contribution is -2.10. The van der Waals surface area contributed by atoms with Crippen LogP contribution in [-0.2, 0) is 9.59 Å². The van der Waals surface area contributed by atoms with E-state index in [2.05, 4.69) is 10.3 Å². The molecule has 0 bridgehead atoms. The number of hydrogen-bond donors (Lipinski definition) is 2. The minimum absolute atomic E-state index is 0.428. The number of aryl methyl sites for hydroxylation is 1. The largest absolute Gasteiger partial charge is 0.478 e. The van der Waals surface area contributed by atoms with Gasteiger partial charge < -0.3 is 10.4 Å². The first-order chi connectivity index (χ1) is 7.09. The van der Waals surface area contributed by atoms with Gasteiger partial charge in [0.15, 0.2) is 0 Å². The summed E-state index contributed by atoms with van der Waals surface area (Å²) in [6.07, 6.45) is 3.26. The Balaban J connectivity index is 2.67. The number of aromatic nitrogens is 1. The van der Waals surface area contributed by atoms with Gasteiger partial charge in [0, 0.05) is 18.3 Å². The third-order valence-electron chi connectivity index (χ3n) is 1.63. The molecule has 0 aliphatic carbocycles. The summed E-state index contributed by atoms with van der Waals surface area (Å²) in [5, 5.41) is 10.8. The van der Waals surface area contributed by atoms with E-state index in [0.717, 1.165) is 17.7 Å². The molecular formula is C10H10N2O3. The fraction of sp³-hybridized carbons (Fsp3) is 0.100. The fourth-order valence-corrected chi connectivity index (χ4v) is 0.922. The molecule has 1 aromatic heterocycles. The summed E-state index contributed by atoms with van der Waals surface area (Å²) < 4.78 is 0. The second-order valence-corrected chi connectivity index (χ2v) is 2.83. The molecule has 5 nitrogen and oxygen atoms in total. The highest BCUT2D eigenvalue weighted by Crippen LogP contribution is 2.08. The van der Waals surface area contributed by atoms with Gasteiger partial charge in [0.1, 0.15) is 5.82 Å². The Hall–Kier alpha value is -2.17. The number of nitrogens with one attached hydrogen (secondary N) is 1. The van der Waals surface area contributed by atoms with Crippen LogP contribution in [0.15, 0.2) is 30.5 Å². The number of nitrogens with zero attached hydrogens (tertiary/aromatic N) is 1. The molecule has 1 rings (SSSR count). The van der Waals surface area contributed by atoms with E-state index in [0.29, 0.717) is 5.82 Å². The molecule has 5 heteroatoms. The van der Waals surface area contributed by atoms with E-state index < -0.39 is 11.9 Å². The van der Waals surface area contributed by atoms with Crippen molar-refractivity contribution >= 4 is 17.7 Å². The van der Waals surface area contributed by atoms with Crippen LogP contribution in [0.2, 0.25) is 0 Å². The van der Waals surface area contributed by atoms with Crippen molar-refractivity contribution in [3.05, 3.63) is 36.0 Å². The Morgan fingerprint density at radius 2 is 2.20 bits per heavy atom. The number of anilines is 1. The van der Waals surface area contributed by atoms with Crippen molar-refractivity contribution in [1.29, 1.82) is 0 Å². The topological polar surface area (TPSA) is 79.3 Å². The van der Waals surface area contributed by atoms with Gasteiger partial charge in [-0.1, -0.05) is 6.07 Å². The highest BCUT2D eigenvalue weighted by atomic mass is 16.4. The zero-order chi connectivity index (χ0) is 11.3. The van der Waals surface area contributed by atoms with Gasteiger partial charge in [0.25, 0.3) is 0 Å². The molecule has 1 aromatic rings. The zero-order valence-electron chi connectivity index (χ0n) is 8.10. The lowest BCUT2D eigenvalue weighted by atomic mass is 10.3. The van der Waals surface area contributed by atoms with E-state index in [9.17, 15) is 9.59 Å². The fourth-order valence-electron chi connectivity index (χ4n) is 0.922. The minimum Gasteiger partial charge on any atom is -0.478 e. The molecule has 0 saturated carbocycles. The van der Waals surface area contributed by atoms with Gasteiger partial charge in [0.2, 0.25) is 5.91 Å². The van der Waals surface area contributed by atoms with Crippen LogP contribution in [0.25, 0.3) is 0 Å². The normalized spacial score (nSPS) is 10.2. The third-order valence-corrected chi connectivity index (χ3v) is 1.63. The lowest BCUT2D eigenvalue weighted by Gasteiger charge is -2.03. The molecule has 0 spiro atoms. The highest BCUT2D eigenvalue weighted by Gasteiger charge is 2.01. The van der Waals surface area contributed by atoms with Gasteiger partial charge in [-0.15, -0.1) is 0 Å². The van der Waals surface area contributed by atoms with Gasteiger partial charge in [0.05, 0.1) is 0 Å². The molecule has 0 atom stereocenters. The van der Waals surface area contributed by atoms with Crippen molar-refractivity contribution in [1.82, 2.24) is 4.98 Å². The predicted molar refractivity (Wildman–Crippen MR) is 54.4 cm³/mol. The highest BCUT2D eigenvalue weighted by molar-refractivity contribution is 6.02. The molecule has 1 amide bonds. The van der Waals surface area contributed by atoms with Crippen LogP contribution in [0.5, 0.6) is 0 Å². The van der Waals surface area contributed by atoms with Gasteiger partial charge >= 0.3 is 5.97 Å². The quantitative estimate of drug-likeness (QED) is 0.722. The minimum atomic E-state index is -1.16. The Kier molecular flexibility index (Phi) is 3.56. The molecule has 0 unspecified atom stereocenters. The Labute approximate surface area is 86.5 Å². The molecule has 0 radical (unpaired) electrons. The summed E-state index contributed by atoms with van der Waals surface area (Å²) in [5.74, 6) is -1.25. The number of carboxylic acid groups (broad SMARTS) is 1. The van der Waals surface area contributed by atoms with Crippen LogP contribution < -0.4 is 5.32 Å². The van der Waals surface area contributed by atoms with Crippen LogP contribution in [0.3, 0.4) is 0 Å². The smallest absolute Gasteiger partial charge is 0.328 e. The molecule has 0 aliphatic heterocycles. The maximum atomic E-state index is 11.2. The van der Waals surface area contributed by atoms with Gasteiger partial charge in [-0.2, -0.15) is 0 Å². The standard InChI is InChI=1S/C10H10N2O3/c1-7-3-2-6-11-10(7)12-8(13)4-5-9(14)15/h2-6H,1H3,(H,14,15)(H,11,12,13)/b5-4-. The summed E-state index contributed by atoms with van der Waals surface area (Å²) in [7, 11) is 0. The average molecular weight is 206 g/mol. The second-order valence-electron chi connectivity index (χ2n) is 2.83.